The third-order valence-corrected chi connectivity index (χ3v) is 7.80. The Balaban J connectivity index is 1.64. The Bertz CT molecular complexity index is 1180. The molecule has 0 radical (unpaired) electrons. The molecule has 0 aliphatic heterocycles. The second kappa shape index (κ2) is 11.3. The van der Waals surface area contributed by atoms with E-state index in [1.54, 1.807) is 54.6 Å². The highest BCUT2D eigenvalue weighted by Crippen LogP contribution is 2.24. The van der Waals surface area contributed by atoms with Crippen LogP contribution in [-0.2, 0) is 20.6 Å². The molecule has 0 saturated carbocycles. The first-order valence-electron chi connectivity index (χ1n) is 10.5. The van der Waals surface area contributed by atoms with Crippen molar-refractivity contribution in [3.8, 4) is 0 Å². The van der Waals surface area contributed by atoms with Gasteiger partial charge in [0, 0.05) is 18.1 Å². The first-order valence-corrected chi connectivity index (χ1v) is 13.1. The molecule has 0 aliphatic carbocycles. The van der Waals surface area contributed by atoms with E-state index in [0.29, 0.717) is 29.3 Å². The molecule has 174 valence electrons. The van der Waals surface area contributed by atoms with Gasteiger partial charge in [0.25, 0.3) is 10.0 Å². The van der Waals surface area contributed by atoms with Crippen LogP contribution >= 0.6 is 11.8 Å². The quantitative estimate of drug-likeness (QED) is 0.423. The molecule has 0 saturated heterocycles. The number of anilines is 1. The molecule has 1 amide bonds. The van der Waals surface area contributed by atoms with Crippen LogP contribution in [0.15, 0.2) is 77.7 Å². The van der Waals surface area contributed by atoms with Crippen molar-refractivity contribution in [2.75, 3.05) is 23.1 Å². The summed E-state index contributed by atoms with van der Waals surface area (Å²) in [6.07, 6.45) is 0. The van der Waals surface area contributed by atoms with Crippen LogP contribution in [-0.4, -0.2) is 33.2 Å². The van der Waals surface area contributed by atoms with Crippen molar-refractivity contribution < 1.29 is 17.6 Å². The maximum atomic E-state index is 13.7. The summed E-state index contributed by atoms with van der Waals surface area (Å²) in [5.41, 5.74) is 2.97. The van der Waals surface area contributed by atoms with Crippen molar-refractivity contribution in [1.82, 2.24) is 5.32 Å². The SMILES string of the molecule is Cc1ccc(N(CC(=O)NCCSCc2ccccc2F)S(=O)(=O)c2ccc(C)cc2)cc1. The van der Waals surface area contributed by atoms with E-state index in [-0.39, 0.29) is 17.3 Å². The van der Waals surface area contributed by atoms with Gasteiger partial charge in [-0.05, 0) is 49.7 Å². The average Bonchev–Trinajstić information content (AvgIpc) is 2.79. The van der Waals surface area contributed by atoms with E-state index in [1.165, 1.54) is 17.8 Å². The summed E-state index contributed by atoms with van der Waals surface area (Å²) >= 11 is 1.50. The number of carbonyl (C=O) groups excluding carboxylic acids is 1. The fourth-order valence-corrected chi connectivity index (χ4v) is 5.38. The van der Waals surface area contributed by atoms with Gasteiger partial charge in [-0.3, -0.25) is 9.10 Å². The van der Waals surface area contributed by atoms with E-state index >= 15 is 0 Å². The summed E-state index contributed by atoms with van der Waals surface area (Å²) in [5.74, 6) is 0.427. The van der Waals surface area contributed by atoms with Crippen LogP contribution in [0.3, 0.4) is 0 Å². The smallest absolute Gasteiger partial charge is 0.264 e. The zero-order valence-electron chi connectivity index (χ0n) is 18.6. The summed E-state index contributed by atoms with van der Waals surface area (Å²) in [6.45, 7) is 3.81. The average molecular weight is 487 g/mol. The van der Waals surface area contributed by atoms with Gasteiger partial charge in [0.05, 0.1) is 10.6 Å². The van der Waals surface area contributed by atoms with Gasteiger partial charge in [-0.25, -0.2) is 12.8 Å². The van der Waals surface area contributed by atoms with E-state index in [9.17, 15) is 17.6 Å². The van der Waals surface area contributed by atoms with Crippen molar-refractivity contribution in [2.45, 2.75) is 24.5 Å². The van der Waals surface area contributed by atoms with Crippen LogP contribution in [0.1, 0.15) is 16.7 Å². The van der Waals surface area contributed by atoms with Crippen molar-refractivity contribution in [3.63, 3.8) is 0 Å². The molecule has 0 atom stereocenters. The predicted molar refractivity (Wildman–Crippen MR) is 132 cm³/mol. The van der Waals surface area contributed by atoms with Gasteiger partial charge in [-0.2, -0.15) is 11.8 Å². The highest BCUT2D eigenvalue weighted by atomic mass is 32.2. The molecular weight excluding hydrogens is 459 g/mol. The fourth-order valence-electron chi connectivity index (χ4n) is 3.11. The number of aryl methyl sites for hydroxylation is 2. The molecule has 8 heteroatoms. The number of amides is 1. The molecule has 3 aromatic carbocycles. The standard InChI is InChI=1S/C25H27FN2O3S2/c1-19-7-11-22(12-8-19)28(33(30,31)23-13-9-20(2)10-14-23)17-25(29)27-15-16-32-18-21-5-3-4-6-24(21)26/h3-14H,15-18H2,1-2H3,(H,27,29). The van der Waals surface area contributed by atoms with Crippen molar-refractivity contribution in [2.24, 2.45) is 0 Å². The van der Waals surface area contributed by atoms with E-state index in [2.05, 4.69) is 5.32 Å². The molecule has 0 fully saturated rings. The van der Waals surface area contributed by atoms with Crippen LogP contribution in [0.2, 0.25) is 0 Å². The highest BCUT2D eigenvalue weighted by Gasteiger charge is 2.27. The normalized spacial score (nSPS) is 11.2. The largest absolute Gasteiger partial charge is 0.354 e. The maximum Gasteiger partial charge on any atom is 0.264 e. The molecule has 33 heavy (non-hydrogen) atoms. The minimum Gasteiger partial charge on any atom is -0.354 e. The lowest BCUT2D eigenvalue weighted by Gasteiger charge is -2.24. The molecule has 1 N–H and O–H groups in total. The van der Waals surface area contributed by atoms with Gasteiger partial charge >= 0.3 is 0 Å². The molecule has 0 aromatic heterocycles. The number of halogens is 1. The lowest BCUT2D eigenvalue weighted by molar-refractivity contribution is -0.119. The van der Waals surface area contributed by atoms with Crippen molar-refractivity contribution in [3.05, 3.63) is 95.3 Å². The fraction of sp³-hybridized carbons (Fsp3) is 0.240. The van der Waals surface area contributed by atoms with E-state index < -0.39 is 15.9 Å². The second-order valence-corrected chi connectivity index (χ2v) is 10.6. The molecule has 3 rings (SSSR count). The number of hydrogen-bond acceptors (Lipinski definition) is 4. The molecule has 0 unspecified atom stereocenters. The number of carbonyl (C=O) groups is 1. The number of thioether (sulfide) groups is 1. The van der Waals surface area contributed by atoms with Crippen molar-refractivity contribution in [1.29, 1.82) is 0 Å². The molecule has 0 heterocycles. The lowest BCUT2D eigenvalue weighted by Crippen LogP contribution is -2.41. The number of sulfonamides is 1. The number of benzene rings is 3. The zero-order valence-corrected chi connectivity index (χ0v) is 20.3. The van der Waals surface area contributed by atoms with Gasteiger partial charge in [0.15, 0.2) is 0 Å². The summed E-state index contributed by atoms with van der Waals surface area (Å²) < 4.78 is 41.5. The molecule has 5 nitrogen and oxygen atoms in total. The maximum absolute atomic E-state index is 13.7. The molecule has 0 spiro atoms. The molecule has 3 aromatic rings. The number of nitrogens with zero attached hydrogens (tertiary/aromatic N) is 1. The first kappa shape index (κ1) is 24.8. The van der Waals surface area contributed by atoms with Crippen LogP contribution in [0.25, 0.3) is 0 Å². The Labute approximate surface area is 199 Å². The number of rotatable bonds is 10. The van der Waals surface area contributed by atoms with Gasteiger partial charge in [-0.15, -0.1) is 0 Å². The van der Waals surface area contributed by atoms with Crippen LogP contribution in [0.5, 0.6) is 0 Å². The number of nitrogens with one attached hydrogen (secondary N) is 1. The molecule has 0 aliphatic rings. The minimum absolute atomic E-state index is 0.127. The first-order chi connectivity index (χ1) is 15.8. The van der Waals surface area contributed by atoms with Gasteiger partial charge in [0.1, 0.15) is 12.4 Å². The van der Waals surface area contributed by atoms with Gasteiger partial charge < -0.3 is 5.32 Å². The topological polar surface area (TPSA) is 66.5 Å². The Morgan fingerprint density at radius 1 is 0.939 bits per heavy atom. The summed E-state index contributed by atoms with van der Waals surface area (Å²) in [7, 11) is -3.93. The third kappa shape index (κ3) is 6.82. The van der Waals surface area contributed by atoms with E-state index in [4.69, 9.17) is 0 Å². The Kier molecular flexibility index (Phi) is 8.52. The van der Waals surface area contributed by atoms with E-state index in [0.717, 1.165) is 15.4 Å². The van der Waals surface area contributed by atoms with Gasteiger partial charge in [0.2, 0.25) is 5.91 Å². The molecule has 0 bridgehead atoms. The minimum atomic E-state index is -3.93. The monoisotopic (exact) mass is 486 g/mol. The Morgan fingerprint density at radius 2 is 1.55 bits per heavy atom. The summed E-state index contributed by atoms with van der Waals surface area (Å²) in [4.78, 5) is 12.8. The third-order valence-electron chi connectivity index (χ3n) is 5.00. The molecular formula is C25H27FN2O3S2. The van der Waals surface area contributed by atoms with Gasteiger partial charge in [-0.1, -0.05) is 53.6 Å². The Morgan fingerprint density at radius 3 is 2.18 bits per heavy atom. The van der Waals surface area contributed by atoms with E-state index in [1.807, 2.05) is 26.0 Å². The highest BCUT2D eigenvalue weighted by molar-refractivity contribution is 7.98. The van der Waals surface area contributed by atoms with Crippen LogP contribution < -0.4 is 9.62 Å². The van der Waals surface area contributed by atoms with Crippen molar-refractivity contribution >= 4 is 33.4 Å². The summed E-state index contributed by atoms with van der Waals surface area (Å²) in [6, 6.07) is 20.1. The number of hydrogen-bond donors (Lipinski definition) is 1. The van der Waals surface area contributed by atoms with Crippen LogP contribution in [0.4, 0.5) is 10.1 Å². The summed E-state index contributed by atoms with van der Waals surface area (Å²) in [5, 5.41) is 2.77. The van der Waals surface area contributed by atoms with Crippen LogP contribution in [0, 0.1) is 19.7 Å². The second-order valence-electron chi connectivity index (χ2n) is 7.65. The predicted octanol–water partition coefficient (Wildman–Crippen LogP) is 4.69. The Hall–Kier alpha value is -2.84. The lowest BCUT2D eigenvalue weighted by atomic mass is 10.2. The zero-order chi connectivity index (χ0) is 23.8.